The van der Waals surface area contributed by atoms with Crippen LogP contribution in [0.4, 0.5) is 0 Å². The number of nitrogens with one attached hydrogen (secondary N) is 1. The van der Waals surface area contributed by atoms with Crippen molar-refractivity contribution in [1.82, 2.24) is 5.32 Å². The summed E-state index contributed by atoms with van der Waals surface area (Å²) >= 11 is 0. The van der Waals surface area contributed by atoms with E-state index in [4.69, 9.17) is 0 Å². The van der Waals surface area contributed by atoms with Crippen molar-refractivity contribution in [3.63, 3.8) is 0 Å². The SMILES string of the molecule is CC1CCC1NC(=O)C1(C)CCC1. The van der Waals surface area contributed by atoms with Crippen molar-refractivity contribution in [1.29, 1.82) is 0 Å². The van der Waals surface area contributed by atoms with Crippen LogP contribution in [0.1, 0.15) is 46.0 Å². The maximum absolute atomic E-state index is 11.8. The standard InChI is InChI=1S/C11H19NO/c1-8-4-5-9(8)12-10(13)11(2)6-3-7-11/h8-9H,3-7H2,1-2H3,(H,12,13). The second-order valence-corrected chi connectivity index (χ2v) is 5.05. The third-order valence-corrected chi connectivity index (χ3v) is 3.94. The molecule has 0 saturated heterocycles. The molecule has 2 aliphatic rings. The third kappa shape index (κ3) is 1.47. The zero-order valence-electron chi connectivity index (χ0n) is 8.60. The van der Waals surface area contributed by atoms with E-state index >= 15 is 0 Å². The molecule has 0 bridgehead atoms. The summed E-state index contributed by atoms with van der Waals surface area (Å²) in [5, 5.41) is 3.17. The minimum Gasteiger partial charge on any atom is -0.353 e. The first-order valence-electron chi connectivity index (χ1n) is 5.43. The number of amides is 1. The van der Waals surface area contributed by atoms with Gasteiger partial charge in [-0.2, -0.15) is 0 Å². The van der Waals surface area contributed by atoms with Gasteiger partial charge in [0.15, 0.2) is 0 Å². The van der Waals surface area contributed by atoms with Crippen molar-refractivity contribution in [3.05, 3.63) is 0 Å². The monoisotopic (exact) mass is 181 g/mol. The highest BCUT2D eigenvalue weighted by atomic mass is 16.2. The largest absolute Gasteiger partial charge is 0.353 e. The molecule has 13 heavy (non-hydrogen) atoms. The lowest BCUT2D eigenvalue weighted by atomic mass is 9.69. The molecular weight excluding hydrogens is 162 g/mol. The number of hydrogen-bond donors (Lipinski definition) is 1. The maximum Gasteiger partial charge on any atom is 0.226 e. The van der Waals surface area contributed by atoms with E-state index in [0.29, 0.717) is 17.9 Å². The van der Waals surface area contributed by atoms with E-state index in [0.717, 1.165) is 12.8 Å². The van der Waals surface area contributed by atoms with Crippen molar-refractivity contribution in [2.75, 3.05) is 0 Å². The average molecular weight is 181 g/mol. The van der Waals surface area contributed by atoms with Gasteiger partial charge < -0.3 is 5.32 Å². The first kappa shape index (κ1) is 9.04. The molecule has 2 aliphatic carbocycles. The molecule has 2 saturated carbocycles. The summed E-state index contributed by atoms with van der Waals surface area (Å²) in [7, 11) is 0. The van der Waals surface area contributed by atoms with Crippen molar-refractivity contribution in [3.8, 4) is 0 Å². The second kappa shape index (κ2) is 3.00. The first-order valence-corrected chi connectivity index (χ1v) is 5.43. The van der Waals surface area contributed by atoms with Crippen LogP contribution in [-0.2, 0) is 4.79 Å². The zero-order valence-corrected chi connectivity index (χ0v) is 8.60. The number of hydrogen-bond acceptors (Lipinski definition) is 1. The molecule has 74 valence electrons. The molecule has 2 unspecified atom stereocenters. The minimum atomic E-state index is -0.0185. The quantitative estimate of drug-likeness (QED) is 0.694. The summed E-state index contributed by atoms with van der Waals surface area (Å²) in [6, 6.07) is 0.477. The fourth-order valence-corrected chi connectivity index (χ4v) is 2.16. The van der Waals surface area contributed by atoms with Crippen molar-refractivity contribution in [2.24, 2.45) is 11.3 Å². The van der Waals surface area contributed by atoms with Gasteiger partial charge in [0.2, 0.25) is 5.91 Å². The molecule has 2 rings (SSSR count). The predicted molar refractivity (Wildman–Crippen MR) is 52.3 cm³/mol. The molecule has 0 aromatic heterocycles. The van der Waals surface area contributed by atoms with E-state index in [1.165, 1.54) is 19.3 Å². The van der Waals surface area contributed by atoms with Gasteiger partial charge in [-0.15, -0.1) is 0 Å². The summed E-state index contributed by atoms with van der Waals surface area (Å²) < 4.78 is 0. The van der Waals surface area contributed by atoms with Crippen LogP contribution in [0, 0.1) is 11.3 Å². The van der Waals surface area contributed by atoms with Gasteiger partial charge in [0.25, 0.3) is 0 Å². The van der Waals surface area contributed by atoms with Gasteiger partial charge in [0.1, 0.15) is 0 Å². The average Bonchev–Trinajstić information content (AvgIpc) is 2.07. The fourth-order valence-electron chi connectivity index (χ4n) is 2.16. The summed E-state index contributed by atoms with van der Waals surface area (Å²) in [5.74, 6) is 1.00. The Bertz CT molecular complexity index is 220. The van der Waals surface area contributed by atoms with Gasteiger partial charge >= 0.3 is 0 Å². The molecule has 0 spiro atoms. The van der Waals surface area contributed by atoms with Crippen molar-refractivity contribution < 1.29 is 4.79 Å². The van der Waals surface area contributed by atoms with E-state index in [1.54, 1.807) is 0 Å². The number of rotatable bonds is 2. The van der Waals surface area contributed by atoms with Gasteiger partial charge in [0.05, 0.1) is 0 Å². The van der Waals surface area contributed by atoms with Crippen LogP contribution in [-0.4, -0.2) is 11.9 Å². The normalized spacial score (nSPS) is 35.8. The van der Waals surface area contributed by atoms with E-state index in [1.807, 2.05) is 0 Å². The minimum absolute atomic E-state index is 0.0185. The summed E-state index contributed by atoms with van der Waals surface area (Å²) in [4.78, 5) is 11.8. The van der Waals surface area contributed by atoms with E-state index in [9.17, 15) is 4.79 Å². The molecule has 0 aliphatic heterocycles. The predicted octanol–water partition coefficient (Wildman–Crippen LogP) is 2.09. The maximum atomic E-state index is 11.8. The highest BCUT2D eigenvalue weighted by Gasteiger charge is 2.41. The number of carbonyl (C=O) groups is 1. The van der Waals surface area contributed by atoms with Gasteiger partial charge in [-0.3, -0.25) is 4.79 Å². The smallest absolute Gasteiger partial charge is 0.226 e. The van der Waals surface area contributed by atoms with E-state index < -0.39 is 0 Å². The molecule has 1 amide bonds. The van der Waals surface area contributed by atoms with Crippen molar-refractivity contribution in [2.45, 2.75) is 52.0 Å². The van der Waals surface area contributed by atoms with Gasteiger partial charge in [-0.1, -0.05) is 20.3 Å². The van der Waals surface area contributed by atoms with Crippen LogP contribution < -0.4 is 5.32 Å². The topological polar surface area (TPSA) is 29.1 Å². The van der Waals surface area contributed by atoms with Gasteiger partial charge in [-0.05, 0) is 31.6 Å². The molecule has 0 aromatic rings. The Morgan fingerprint density at radius 2 is 2.08 bits per heavy atom. The number of carbonyl (C=O) groups excluding carboxylic acids is 1. The molecule has 0 radical (unpaired) electrons. The lowest BCUT2D eigenvalue weighted by Gasteiger charge is -2.41. The summed E-state index contributed by atoms with van der Waals surface area (Å²) in [6.07, 6.45) is 5.86. The third-order valence-electron chi connectivity index (χ3n) is 3.94. The Labute approximate surface area is 80.1 Å². The van der Waals surface area contributed by atoms with Crippen LogP contribution >= 0.6 is 0 Å². The van der Waals surface area contributed by atoms with Crippen LogP contribution in [0.15, 0.2) is 0 Å². The lowest BCUT2D eigenvalue weighted by Crippen LogP contribution is -2.52. The van der Waals surface area contributed by atoms with Crippen molar-refractivity contribution >= 4 is 5.91 Å². The van der Waals surface area contributed by atoms with E-state index in [-0.39, 0.29) is 5.41 Å². The molecule has 0 aromatic carbocycles. The molecule has 2 fully saturated rings. The summed E-state index contributed by atoms with van der Waals surface area (Å²) in [5.41, 5.74) is -0.0185. The molecule has 2 heteroatoms. The van der Waals surface area contributed by atoms with E-state index in [2.05, 4.69) is 19.2 Å². The summed E-state index contributed by atoms with van der Waals surface area (Å²) in [6.45, 7) is 4.31. The van der Waals surface area contributed by atoms with Gasteiger partial charge in [-0.25, -0.2) is 0 Å². The Morgan fingerprint density at radius 3 is 2.38 bits per heavy atom. The molecule has 0 heterocycles. The Hall–Kier alpha value is -0.530. The molecule has 2 atom stereocenters. The van der Waals surface area contributed by atoms with Crippen LogP contribution in [0.25, 0.3) is 0 Å². The second-order valence-electron chi connectivity index (χ2n) is 5.05. The zero-order chi connectivity index (χ0) is 9.47. The first-order chi connectivity index (χ1) is 6.12. The Kier molecular flexibility index (Phi) is 2.09. The van der Waals surface area contributed by atoms with Crippen LogP contribution in [0.2, 0.25) is 0 Å². The molecule has 2 nitrogen and oxygen atoms in total. The lowest BCUT2D eigenvalue weighted by molar-refractivity contribution is -0.136. The molecule has 1 N–H and O–H groups in total. The van der Waals surface area contributed by atoms with Gasteiger partial charge in [0, 0.05) is 11.5 Å². The highest BCUT2D eigenvalue weighted by Crippen LogP contribution is 2.41. The van der Waals surface area contributed by atoms with Crippen LogP contribution in [0.3, 0.4) is 0 Å². The Balaban J connectivity index is 1.84. The molecular formula is C11H19NO. The fraction of sp³-hybridized carbons (Fsp3) is 0.909. The van der Waals surface area contributed by atoms with Crippen LogP contribution in [0.5, 0.6) is 0 Å². The Morgan fingerprint density at radius 1 is 1.38 bits per heavy atom. The highest BCUT2D eigenvalue weighted by molar-refractivity contribution is 5.83.